The number of nitrogens with one attached hydrogen (secondary N) is 1. The van der Waals surface area contributed by atoms with Crippen LogP contribution >= 0.6 is 0 Å². The first-order valence-corrected chi connectivity index (χ1v) is 12.7. The summed E-state index contributed by atoms with van der Waals surface area (Å²) in [5, 5.41) is 2.87. The molecule has 1 aromatic rings. The lowest BCUT2D eigenvalue weighted by Gasteiger charge is -2.32. The number of benzene rings is 1. The smallest absolute Gasteiger partial charge is 0.243 e. The molecular formula is C23H35N3O4S. The highest BCUT2D eigenvalue weighted by Gasteiger charge is 2.34. The average Bonchev–Trinajstić information content (AvgIpc) is 3.27. The van der Waals surface area contributed by atoms with E-state index in [2.05, 4.69) is 5.32 Å². The highest BCUT2D eigenvalue weighted by atomic mass is 32.2. The maximum Gasteiger partial charge on any atom is 0.243 e. The van der Waals surface area contributed by atoms with Gasteiger partial charge in [0.1, 0.15) is 0 Å². The van der Waals surface area contributed by atoms with E-state index in [1.807, 2.05) is 38.7 Å². The molecule has 0 radical (unpaired) electrons. The molecule has 1 N–H and O–H groups in total. The predicted octanol–water partition coefficient (Wildman–Crippen LogP) is 2.45. The molecule has 8 heteroatoms. The van der Waals surface area contributed by atoms with Gasteiger partial charge >= 0.3 is 0 Å². The molecule has 0 aliphatic carbocycles. The van der Waals surface area contributed by atoms with E-state index in [4.69, 9.17) is 0 Å². The van der Waals surface area contributed by atoms with Crippen molar-refractivity contribution in [1.82, 2.24) is 14.5 Å². The van der Waals surface area contributed by atoms with Gasteiger partial charge in [-0.1, -0.05) is 6.07 Å². The molecule has 2 aliphatic heterocycles. The Morgan fingerprint density at radius 3 is 2.06 bits per heavy atom. The maximum atomic E-state index is 13.4. The van der Waals surface area contributed by atoms with Crippen molar-refractivity contribution < 1.29 is 18.0 Å². The Morgan fingerprint density at radius 1 is 0.968 bits per heavy atom. The van der Waals surface area contributed by atoms with Crippen LogP contribution in [-0.2, 0) is 19.6 Å². The number of sulfonamides is 1. The molecule has 0 atom stereocenters. The highest BCUT2D eigenvalue weighted by molar-refractivity contribution is 7.89. The molecule has 31 heavy (non-hydrogen) atoms. The summed E-state index contributed by atoms with van der Waals surface area (Å²) in [4.78, 5) is 26.9. The van der Waals surface area contributed by atoms with Crippen LogP contribution in [0.5, 0.6) is 0 Å². The van der Waals surface area contributed by atoms with Crippen molar-refractivity contribution in [2.45, 2.75) is 64.7 Å². The SMILES string of the molecule is Cc1cc(C)c(C)c(S(=O)(=O)N2CCC(C(=O)NCCC(=O)N3CCCC3)CC2)c1C. The number of aryl methyl sites for hydroxylation is 2. The quantitative estimate of drug-likeness (QED) is 0.723. The molecule has 7 nitrogen and oxygen atoms in total. The monoisotopic (exact) mass is 449 g/mol. The standard InChI is InChI=1S/C23H35N3O4S/c1-16-15-17(2)19(4)22(18(16)3)31(29,30)26-13-8-20(9-14-26)23(28)24-10-7-21(27)25-11-5-6-12-25/h15,20H,5-14H2,1-4H3,(H,24,28). The molecule has 2 heterocycles. The van der Waals surface area contributed by atoms with Gasteiger partial charge in [0.2, 0.25) is 21.8 Å². The van der Waals surface area contributed by atoms with Gasteiger partial charge in [0.15, 0.2) is 0 Å². The van der Waals surface area contributed by atoms with Crippen LogP contribution < -0.4 is 5.32 Å². The van der Waals surface area contributed by atoms with Crippen LogP contribution in [-0.4, -0.2) is 62.2 Å². The minimum atomic E-state index is -3.60. The summed E-state index contributed by atoms with van der Waals surface area (Å²) >= 11 is 0. The van der Waals surface area contributed by atoms with E-state index in [1.54, 1.807) is 0 Å². The van der Waals surface area contributed by atoms with Gasteiger partial charge in [0.25, 0.3) is 0 Å². The minimum Gasteiger partial charge on any atom is -0.355 e. The maximum absolute atomic E-state index is 13.4. The number of amides is 2. The number of carbonyl (C=O) groups excluding carboxylic acids is 2. The molecule has 1 aromatic carbocycles. The molecule has 0 unspecified atom stereocenters. The van der Waals surface area contributed by atoms with Gasteiger partial charge in [-0.3, -0.25) is 9.59 Å². The van der Waals surface area contributed by atoms with Crippen molar-refractivity contribution >= 4 is 21.8 Å². The van der Waals surface area contributed by atoms with Crippen LogP contribution in [0.15, 0.2) is 11.0 Å². The second-order valence-corrected chi connectivity index (χ2v) is 10.8. The first-order chi connectivity index (χ1) is 14.6. The third kappa shape index (κ3) is 5.12. The second kappa shape index (κ2) is 9.69. The number of piperidine rings is 1. The van der Waals surface area contributed by atoms with E-state index in [0.717, 1.165) is 48.2 Å². The van der Waals surface area contributed by atoms with E-state index in [9.17, 15) is 18.0 Å². The summed E-state index contributed by atoms with van der Waals surface area (Å²) < 4.78 is 28.2. The Kier molecular flexibility index (Phi) is 7.42. The molecule has 2 amide bonds. The Balaban J connectivity index is 1.55. The van der Waals surface area contributed by atoms with Crippen molar-refractivity contribution in [2.75, 3.05) is 32.7 Å². The van der Waals surface area contributed by atoms with E-state index in [1.165, 1.54) is 4.31 Å². The Morgan fingerprint density at radius 2 is 1.52 bits per heavy atom. The summed E-state index contributed by atoms with van der Waals surface area (Å²) in [6, 6.07) is 2.02. The molecule has 0 bridgehead atoms. The summed E-state index contributed by atoms with van der Waals surface area (Å²) in [7, 11) is -3.60. The molecular weight excluding hydrogens is 414 g/mol. The van der Waals surface area contributed by atoms with Crippen molar-refractivity contribution in [1.29, 1.82) is 0 Å². The molecule has 2 fully saturated rings. The molecule has 0 aromatic heterocycles. The van der Waals surface area contributed by atoms with Gasteiger partial charge < -0.3 is 10.2 Å². The molecule has 0 spiro atoms. The van der Waals surface area contributed by atoms with E-state index < -0.39 is 10.0 Å². The topological polar surface area (TPSA) is 86.8 Å². The number of hydrogen-bond acceptors (Lipinski definition) is 4. The summed E-state index contributed by atoms with van der Waals surface area (Å²) in [5.74, 6) is -0.197. The molecule has 3 rings (SSSR count). The minimum absolute atomic E-state index is 0.0787. The number of hydrogen-bond donors (Lipinski definition) is 1. The van der Waals surface area contributed by atoms with Gasteiger partial charge in [0.05, 0.1) is 4.90 Å². The van der Waals surface area contributed by atoms with Gasteiger partial charge in [-0.15, -0.1) is 0 Å². The number of rotatable bonds is 6. The first kappa shape index (κ1) is 23.7. The predicted molar refractivity (Wildman–Crippen MR) is 120 cm³/mol. The van der Waals surface area contributed by atoms with Crippen molar-refractivity contribution in [3.63, 3.8) is 0 Å². The van der Waals surface area contributed by atoms with Gasteiger partial charge in [-0.2, -0.15) is 4.31 Å². The van der Waals surface area contributed by atoms with E-state index >= 15 is 0 Å². The fraction of sp³-hybridized carbons (Fsp3) is 0.652. The zero-order chi connectivity index (χ0) is 22.8. The van der Waals surface area contributed by atoms with Crippen LogP contribution in [0.3, 0.4) is 0 Å². The Bertz CT molecular complexity index is 918. The first-order valence-electron chi connectivity index (χ1n) is 11.3. The molecule has 2 aliphatic rings. The summed E-state index contributed by atoms with van der Waals surface area (Å²) in [6.45, 7) is 10.2. The zero-order valence-corrected chi connectivity index (χ0v) is 20.0. The lowest BCUT2D eigenvalue weighted by atomic mass is 9.97. The Labute approximate surface area is 186 Å². The van der Waals surface area contributed by atoms with Crippen molar-refractivity contribution in [3.05, 3.63) is 28.3 Å². The van der Waals surface area contributed by atoms with Crippen LogP contribution in [0.2, 0.25) is 0 Å². The van der Waals surface area contributed by atoms with E-state index in [-0.39, 0.29) is 17.7 Å². The molecule has 0 saturated carbocycles. The van der Waals surface area contributed by atoms with Crippen LogP contribution in [0.4, 0.5) is 0 Å². The summed E-state index contributed by atoms with van der Waals surface area (Å²) in [6.07, 6.45) is 3.42. The van der Waals surface area contributed by atoms with Crippen LogP contribution in [0.1, 0.15) is 54.4 Å². The van der Waals surface area contributed by atoms with Crippen molar-refractivity contribution in [2.24, 2.45) is 5.92 Å². The van der Waals surface area contributed by atoms with Gasteiger partial charge in [-0.05, 0) is 75.6 Å². The lowest BCUT2D eigenvalue weighted by molar-refractivity contribution is -0.130. The van der Waals surface area contributed by atoms with Crippen molar-refractivity contribution in [3.8, 4) is 0 Å². The molecule has 172 valence electrons. The number of likely N-dealkylation sites (tertiary alicyclic amines) is 1. The van der Waals surface area contributed by atoms with Gasteiger partial charge in [-0.25, -0.2) is 8.42 Å². The second-order valence-electron chi connectivity index (χ2n) is 8.90. The number of carbonyl (C=O) groups is 2. The largest absolute Gasteiger partial charge is 0.355 e. The third-order valence-electron chi connectivity index (χ3n) is 6.82. The fourth-order valence-electron chi connectivity index (χ4n) is 4.62. The number of nitrogens with zero attached hydrogens (tertiary/aromatic N) is 2. The van der Waals surface area contributed by atoms with E-state index in [0.29, 0.717) is 43.8 Å². The van der Waals surface area contributed by atoms with Crippen LogP contribution in [0.25, 0.3) is 0 Å². The molecule has 2 saturated heterocycles. The van der Waals surface area contributed by atoms with Crippen LogP contribution in [0, 0.1) is 33.6 Å². The normalized spacial score (nSPS) is 18.4. The zero-order valence-electron chi connectivity index (χ0n) is 19.2. The third-order valence-corrected chi connectivity index (χ3v) is 8.99. The Hall–Kier alpha value is -1.93. The fourth-order valence-corrected chi connectivity index (χ4v) is 6.66. The highest BCUT2D eigenvalue weighted by Crippen LogP contribution is 2.31. The summed E-state index contributed by atoms with van der Waals surface area (Å²) in [5.41, 5.74) is 3.54. The average molecular weight is 450 g/mol. The van der Waals surface area contributed by atoms with Gasteiger partial charge in [0, 0.05) is 45.1 Å². The lowest BCUT2D eigenvalue weighted by Crippen LogP contribution is -2.43.